The number of amides is 1. The van der Waals surface area contributed by atoms with Crippen LogP contribution in [0.15, 0.2) is 41.3 Å². The fourth-order valence-corrected chi connectivity index (χ4v) is 3.48. The smallest absolute Gasteiger partial charge is 0.237 e. The highest BCUT2D eigenvalue weighted by Crippen LogP contribution is 2.36. The van der Waals surface area contributed by atoms with Crippen LogP contribution < -0.4 is 14.8 Å². The van der Waals surface area contributed by atoms with E-state index in [0.717, 1.165) is 4.90 Å². The van der Waals surface area contributed by atoms with Gasteiger partial charge in [0, 0.05) is 22.1 Å². The molecule has 25 heavy (non-hydrogen) atoms. The van der Waals surface area contributed by atoms with Crippen LogP contribution in [0, 0.1) is 0 Å². The van der Waals surface area contributed by atoms with E-state index in [4.69, 9.17) is 32.7 Å². The lowest BCUT2D eigenvalue weighted by Crippen LogP contribution is -2.24. The van der Waals surface area contributed by atoms with E-state index >= 15 is 0 Å². The number of carbonyl (C=O) groups is 1. The normalized spacial score (nSPS) is 11.7. The van der Waals surface area contributed by atoms with Crippen molar-refractivity contribution in [2.75, 3.05) is 19.5 Å². The molecule has 2 rings (SSSR count). The molecule has 2 aromatic rings. The highest BCUT2D eigenvalue weighted by atomic mass is 35.5. The molecule has 0 aliphatic carbocycles. The zero-order valence-corrected chi connectivity index (χ0v) is 16.5. The van der Waals surface area contributed by atoms with Gasteiger partial charge in [0.2, 0.25) is 5.91 Å². The second-order valence-electron chi connectivity index (χ2n) is 5.14. The molecule has 1 atom stereocenters. The Morgan fingerprint density at radius 1 is 1.12 bits per heavy atom. The van der Waals surface area contributed by atoms with E-state index in [1.54, 1.807) is 12.1 Å². The van der Waals surface area contributed by atoms with Crippen molar-refractivity contribution in [1.29, 1.82) is 0 Å². The summed E-state index contributed by atoms with van der Waals surface area (Å²) in [4.78, 5) is 13.7. The Bertz CT molecular complexity index is 738. The van der Waals surface area contributed by atoms with Gasteiger partial charge in [-0.15, -0.1) is 11.8 Å². The number of anilines is 1. The van der Waals surface area contributed by atoms with E-state index in [1.165, 1.54) is 26.0 Å². The second kappa shape index (κ2) is 9.22. The van der Waals surface area contributed by atoms with Crippen molar-refractivity contribution < 1.29 is 14.3 Å². The Hall–Kier alpha value is -1.56. The molecular formula is C18H19Cl2NO3S. The summed E-state index contributed by atoms with van der Waals surface area (Å²) in [6.07, 6.45) is 0.673. The van der Waals surface area contributed by atoms with Gasteiger partial charge in [0.05, 0.1) is 30.2 Å². The van der Waals surface area contributed by atoms with Crippen molar-refractivity contribution in [3.63, 3.8) is 0 Å². The molecule has 0 heterocycles. The maximum absolute atomic E-state index is 12.7. The monoisotopic (exact) mass is 399 g/mol. The van der Waals surface area contributed by atoms with E-state index in [-0.39, 0.29) is 11.2 Å². The molecule has 0 aliphatic heterocycles. The van der Waals surface area contributed by atoms with Gasteiger partial charge in [0.1, 0.15) is 11.5 Å². The van der Waals surface area contributed by atoms with Crippen LogP contribution in [0.1, 0.15) is 13.3 Å². The average Bonchev–Trinajstić information content (AvgIpc) is 2.62. The molecule has 0 fully saturated rings. The minimum Gasteiger partial charge on any atom is -0.495 e. The SMILES string of the molecule is CCC(Sc1ccc(Cl)cc1)C(=O)Nc1cc(OC)c(Cl)cc1OC. The molecular weight excluding hydrogens is 381 g/mol. The number of hydrogen-bond acceptors (Lipinski definition) is 4. The van der Waals surface area contributed by atoms with Gasteiger partial charge in [-0.05, 0) is 30.7 Å². The van der Waals surface area contributed by atoms with E-state index in [1.807, 2.05) is 31.2 Å². The van der Waals surface area contributed by atoms with Gasteiger partial charge < -0.3 is 14.8 Å². The summed E-state index contributed by atoms with van der Waals surface area (Å²) in [5.74, 6) is 0.826. The quantitative estimate of drug-likeness (QED) is 0.622. The lowest BCUT2D eigenvalue weighted by Gasteiger charge is -2.17. The maximum Gasteiger partial charge on any atom is 0.237 e. The molecule has 2 aromatic carbocycles. The zero-order valence-electron chi connectivity index (χ0n) is 14.1. The highest BCUT2D eigenvalue weighted by Gasteiger charge is 2.20. The second-order valence-corrected chi connectivity index (χ2v) is 7.26. The number of halogens is 2. The predicted molar refractivity (Wildman–Crippen MR) is 105 cm³/mol. The Morgan fingerprint density at radius 2 is 1.76 bits per heavy atom. The van der Waals surface area contributed by atoms with Gasteiger partial charge in [0.25, 0.3) is 0 Å². The largest absolute Gasteiger partial charge is 0.495 e. The first-order valence-electron chi connectivity index (χ1n) is 7.63. The number of rotatable bonds is 7. The Kier molecular flexibility index (Phi) is 7.29. The van der Waals surface area contributed by atoms with E-state index in [2.05, 4.69) is 5.32 Å². The van der Waals surface area contributed by atoms with Gasteiger partial charge in [0.15, 0.2) is 0 Å². The molecule has 4 nitrogen and oxygen atoms in total. The number of carbonyl (C=O) groups excluding carboxylic acids is 1. The summed E-state index contributed by atoms with van der Waals surface area (Å²) >= 11 is 13.5. The van der Waals surface area contributed by atoms with Crippen LogP contribution in [-0.4, -0.2) is 25.4 Å². The molecule has 1 amide bonds. The van der Waals surface area contributed by atoms with E-state index < -0.39 is 0 Å². The van der Waals surface area contributed by atoms with Gasteiger partial charge in [-0.3, -0.25) is 4.79 Å². The van der Waals surface area contributed by atoms with Crippen LogP contribution in [0.2, 0.25) is 10.0 Å². The minimum absolute atomic E-state index is 0.120. The van der Waals surface area contributed by atoms with Crippen molar-refractivity contribution in [3.8, 4) is 11.5 Å². The Balaban J connectivity index is 2.17. The number of hydrogen-bond donors (Lipinski definition) is 1. The molecule has 0 radical (unpaired) electrons. The summed E-state index contributed by atoms with van der Waals surface area (Å²) in [6, 6.07) is 10.7. The Labute approximate surface area is 161 Å². The van der Waals surface area contributed by atoms with Crippen LogP contribution in [-0.2, 0) is 4.79 Å². The summed E-state index contributed by atoms with van der Waals surface area (Å²) in [7, 11) is 3.04. The minimum atomic E-state index is -0.257. The summed E-state index contributed by atoms with van der Waals surface area (Å²) in [5.41, 5.74) is 0.518. The predicted octanol–water partition coefficient (Wildman–Crippen LogP) is 5.52. The van der Waals surface area contributed by atoms with Crippen LogP contribution in [0.3, 0.4) is 0 Å². The van der Waals surface area contributed by atoms with Crippen LogP contribution >= 0.6 is 35.0 Å². The number of benzene rings is 2. The molecule has 0 saturated carbocycles. The van der Waals surface area contributed by atoms with Crippen molar-refractivity contribution >= 4 is 46.6 Å². The number of nitrogens with one attached hydrogen (secondary N) is 1. The van der Waals surface area contributed by atoms with Gasteiger partial charge in [-0.1, -0.05) is 30.1 Å². The molecule has 1 unspecified atom stereocenters. The standard InChI is InChI=1S/C18H19Cl2NO3S/c1-4-17(25-12-7-5-11(19)6-8-12)18(22)21-14-10-15(23-2)13(20)9-16(14)24-3/h5-10,17H,4H2,1-3H3,(H,21,22). The topological polar surface area (TPSA) is 47.6 Å². The molecule has 0 saturated heterocycles. The lowest BCUT2D eigenvalue weighted by atomic mass is 10.2. The van der Waals surface area contributed by atoms with Crippen LogP contribution in [0.5, 0.6) is 11.5 Å². The fourth-order valence-electron chi connectivity index (χ4n) is 2.17. The third kappa shape index (κ3) is 5.21. The molecule has 7 heteroatoms. The van der Waals surface area contributed by atoms with E-state index in [9.17, 15) is 4.79 Å². The maximum atomic E-state index is 12.7. The summed E-state index contributed by atoms with van der Waals surface area (Å²) < 4.78 is 10.5. The first kappa shape index (κ1) is 19.8. The van der Waals surface area contributed by atoms with Crippen LogP contribution in [0.4, 0.5) is 5.69 Å². The first-order chi connectivity index (χ1) is 12.0. The molecule has 0 aromatic heterocycles. The average molecular weight is 400 g/mol. The molecule has 0 bridgehead atoms. The van der Waals surface area contributed by atoms with Gasteiger partial charge in [-0.25, -0.2) is 0 Å². The highest BCUT2D eigenvalue weighted by molar-refractivity contribution is 8.00. The lowest BCUT2D eigenvalue weighted by molar-refractivity contribution is -0.115. The third-order valence-corrected chi connectivity index (χ3v) is 5.41. The molecule has 0 spiro atoms. The van der Waals surface area contributed by atoms with Gasteiger partial charge in [-0.2, -0.15) is 0 Å². The fraction of sp³-hybridized carbons (Fsp3) is 0.278. The molecule has 1 N–H and O–H groups in total. The van der Waals surface area contributed by atoms with Gasteiger partial charge >= 0.3 is 0 Å². The zero-order chi connectivity index (χ0) is 18.4. The third-order valence-electron chi connectivity index (χ3n) is 3.49. The molecule has 0 aliphatic rings. The van der Waals surface area contributed by atoms with Crippen molar-refractivity contribution in [3.05, 3.63) is 46.4 Å². The Morgan fingerprint density at radius 3 is 2.32 bits per heavy atom. The van der Waals surface area contributed by atoms with E-state index in [0.29, 0.717) is 33.7 Å². The number of methoxy groups -OCH3 is 2. The summed E-state index contributed by atoms with van der Waals surface area (Å²) in [6.45, 7) is 1.97. The van der Waals surface area contributed by atoms with Crippen molar-refractivity contribution in [1.82, 2.24) is 0 Å². The van der Waals surface area contributed by atoms with Crippen molar-refractivity contribution in [2.24, 2.45) is 0 Å². The van der Waals surface area contributed by atoms with Crippen molar-refractivity contribution in [2.45, 2.75) is 23.5 Å². The molecule has 134 valence electrons. The summed E-state index contributed by atoms with van der Waals surface area (Å²) in [5, 5.41) is 3.72. The number of thioether (sulfide) groups is 1. The first-order valence-corrected chi connectivity index (χ1v) is 9.26. The van der Waals surface area contributed by atoms with Crippen LogP contribution in [0.25, 0.3) is 0 Å². The number of ether oxygens (including phenoxy) is 2.